The average molecular weight is 357 g/mol. The number of hydrogen-bond acceptors (Lipinski definition) is 3. The predicted octanol–water partition coefficient (Wildman–Crippen LogP) is 2.48. The van der Waals surface area contributed by atoms with E-state index in [9.17, 15) is 19.1 Å². The first-order valence-corrected chi connectivity index (χ1v) is 8.36. The Bertz CT molecular complexity index is 823. The normalized spacial score (nSPS) is 14.8. The van der Waals surface area contributed by atoms with E-state index in [2.05, 4.69) is 10.6 Å². The molecule has 1 aliphatic heterocycles. The lowest BCUT2D eigenvalue weighted by atomic mass is 10.1. The molecule has 0 saturated carbocycles. The van der Waals surface area contributed by atoms with Crippen LogP contribution in [0.4, 0.5) is 14.9 Å². The Labute approximate surface area is 150 Å². The highest BCUT2D eigenvalue weighted by atomic mass is 19.1. The number of amides is 3. The monoisotopic (exact) mass is 357 g/mol. The largest absolute Gasteiger partial charge is 0.505 e. The molecule has 1 fully saturated rings. The van der Waals surface area contributed by atoms with E-state index in [1.807, 2.05) is 24.3 Å². The number of rotatable bonds is 5. The first-order valence-electron chi connectivity index (χ1n) is 8.36. The van der Waals surface area contributed by atoms with E-state index in [1.165, 1.54) is 12.1 Å². The minimum Gasteiger partial charge on any atom is -0.505 e. The maximum Gasteiger partial charge on any atom is 0.321 e. The fourth-order valence-electron chi connectivity index (χ4n) is 2.87. The van der Waals surface area contributed by atoms with E-state index in [0.717, 1.165) is 11.3 Å². The first kappa shape index (κ1) is 17.7. The fraction of sp³-hybridized carbons (Fsp3) is 0.263. The zero-order chi connectivity index (χ0) is 18.7. The zero-order valence-corrected chi connectivity index (χ0v) is 14.3. The number of phenols is 1. The molecule has 26 heavy (non-hydrogen) atoms. The van der Waals surface area contributed by atoms with Crippen molar-refractivity contribution in [3.63, 3.8) is 0 Å². The maximum atomic E-state index is 13.4. The summed E-state index contributed by atoms with van der Waals surface area (Å²) in [6.07, 6.45) is 0.178. The number of carbonyl (C=O) groups excluding carboxylic acids is 2. The Balaban J connectivity index is 1.59. The molecule has 0 bridgehead atoms. The molecule has 3 amide bonds. The summed E-state index contributed by atoms with van der Waals surface area (Å²) in [6, 6.07) is 10.8. The Kier molecular flexibility index (Phi) is 5.06. The third kappa shape index (κ3) is 3.93. The van der Waals surface area contributed by atoms with Gasteiger partial charge in [-0.15, -0.1) is 0 Å². The molecular formula is C19H20FN3O3. The van der Waals surface area contributed by atoms with E-state index >= 15 is 0 Å². The van der Waals surface area contributed by atoms with Crippen LogP contribution in [0.2, 0.25) is 0 Å². The molecule has 6 nitrogen and oxygen atoms in total. The quantitative estimate of drug-likeness (QED) is 0.769. The highest BCUT2D eigenvalue weighted by Gasteiger charge is 2.21. The molecule has 7 heteroatoms. The van der Waals surface area contributed by atoms with Crippen LogP contribution in [-0.2, 0) is 11.2 Å². The lowest BCUT2D eigenvalue weighted by Gasteiger charge is -2.16. The van der Waals surface area contributed by atoms with Gasteiger partial charge in [-0.25, -0.2) is 9.18 Å². The summed E-state index contributed by atoms with van der Waals surface area (Å²) in [5.41, 5.74) is 2.18. The van der Waals surface area contributed by atoms with Crippen molar-refractivity contribution in [2.75, 3.05) is 18.0 Å². The van der Waals surface area contributed by atoms with Gasteiger partial charge < -0.3 is 15.7 Å². The van der Waals surface area contributed by atoms with Crippen molar-refractivity contribution in [1.29, 1.82) is 0 Å². The number of benzene rings is 2. The van der Waals surface area contributed by atoms with Crippen molar-refractivity contribution in [2.24, 2.45) is 0 Å². The molecule has 2 aromatic rings. The van der Waals surface area contributed by atoms with Crippen molar-refractivity contribution in [3.05, 3.63) is 59.4 Å². The molecule has 0 aromatic heterocycles. The maximum absolute atomic E-state index is 13.4. The average Bonchev–Trinajstić information content (AvgIpc) is 3.04. The molecule has 136 valence electrons. The van der Waals surface area contributed by atoms with Crippen molar-refractivity contribution >= 4 is 17.6 Å². The fourth-order valence-corrected chi connectivity index (χ4v) is 2.87. The molecular weight excluding hydrogens is 337 g/mol. The Morgan fingerprint density at radius 3 is 2.65 bits per heavy atom. The summed E-state index contributed by atoms with van der Waals surface area (Å²) in [7, 11) is 0. The zero-order valence-electron chi connectivity index (χ0n) is 14.3. The standard InChI is InChI=1S/C19H20FN3O3/c1-12(14-4-7-17(24)16(20)11-14)22-18(25)10-13-2-5-15(6-3-13)23-9-8-21-19(23)26/h2-7,11-12,24H,8-10H2,1H3,(H,21,26)(H,22,25)/t12-/m0/s1. The molecule has 3 N–H and O–H groups in total. The summed E-state index contributed by atoms with van der Waals surface area (Å²) >= 11 is 0. The SMILES string of the molecule is C[C@H](NC(=O)Cc1ccc(N2CCNC2=O)cc1)c1ccc(O)c(F)c1. The van der Waals surface area contributed by atoms with Crippen LogP contribution in [0.5, 0.6) is 5.75 Å². The van der Waals surface area contributed by atoms with Crippen LogP contribution in [0.1, 0.15) is 24.1 Å². The number of halogens is 1. The molecule has 1 heterocycles. The van der Waals surface area contributed by atoms with Gasteiger partial charge in [-0.2, -0.15) is 0 Å². The van der Waals surface area contributed by atoms with Gasteiger partial charge in [-0.3, -0.25) is 9.69 Å². The third-order valence-corrected chi connectivity index (χ3v) is 4.32. The van der Waals surface area contributed by atoms with Crippen LogP contribution < -0.4 is 15.5 Å². The first-order chi connectivity index (χ1) is 12.4. The summed E-state index contributed by atoms with van der Waals surface area (Å²) in [6.45, 7) is 3.00. The number of carbonyl (C=O) groups is 2. The van der Waals surface area contributed by atoms with Gasteiger partial charge in [0.25, 0.3) is 0 Å². The van der Waals surface area contributed by atoms with Crippen LogP contribution in [0.25, 0.3) is 0 Å². The van der Waals surface area contributed by atoms with E-state index < -0.39 is 11.6 Å². The van der Waals surface area contributed by atoms with Crippen molar-refractivity contribution in [3.8, 4) is 5.75 Å². The minimum absolute atomic E-state index is 0.120. The second-order valence-electron chi connectivity index (χ2n) is 6.23. The van der Waals surface area contributed by atoms with Gasteiger partial charge in [0, 0.05) is 18.8 Å². The smallest absolute Gasteiger partial charge is 0.321 e. The van der Waals surface area contributed by atoms with Gasteiger partial charge >= 0.3 is 6.03 Å². The van der Waals surface area contributed by atoms with E-state index in [-0.39, 0.29) is 24.4 Å². The third-order valence-electron chi connectivity index (χ3n) is 4.32. The molecule has 0 unspecified atom stereocenters. The van der Waals surface area contributed by atoms with Gasteiger partial charge in [0.2, 0.25) is 5.91 Å². The number of urea groups is 1. The number of nitrogens with zero attached hydrogens (tertiary/aromatic N) is 1. The lowest BCUT2D eigenvalue weighted by Crippen LogP contribution is -2.28. The highest BCUT2D eigenvalue weighted by molar-refractivity contribution is 5.94. The summed E-state index contributed by atoms with van der Waals surface area (Å²) in [5, 5.41) is 14.8. The molecule has 3 rings (SSSR count). The van der Waals surface area contributed by atoms with Crippen molar-refractivity contribution in [1.82, 2.24) is 10.6 Å². The van der Waals surface area contributed by atoms with Crippen molar-refractivity contribution in [2.45, 2.75) is 19.4 Å². The summed E-state index contributed by atoms with van der Waals surface area (Å²) in [4.78, 5) is 25.5. The lowest BCUT2D eigenvalue weighted by molar-refractivity contribution is -0.121. The van der Waals surface area contributed by atoms with Crippen molar-refractivity contribution < 1.29 is 19.1 Å². The van der Waals surface area contributed by atoms with Crippen LogP contribution in [0.3, 0.4) is 0 Å². The highest BCUT2D eigenvalue weighted by Crippen LogP contribution is 2.21. The second-order valence-corrected chi connectivity index (χ2v) is 6.23. The topological polar surface area (TPSA) is 81.7 Å². The van der Waals surface area contributed by atoms with Crippen LogP contribution >= 0.6 is 0 Å². The predicted molar refractivity (Wildman–Crippen MR) is 95.5 cm³/mol. The number of phenolic OH excluding ortho intramolecular Hbond substituents is 1. The Morgan fingerprint density at radius 1 is 1.31 bits per heavy atom. The number of hydrogen-bond donors (Lipinski definition) is 3. The van der Waals surface area contributed by atoms with Gasteiger partial charge in [-0.05, 0) is 42.3 Å². The Morgan fingerprint density at radius 2 is 2.04 bits per heavy atom. The van der Waals surface area contributed by atoms with Gasteiger partial charge in [-0.1, -0.05) is 18.2 Å². The summed E-state index contributed by atoms with van der Waals surface area (Å²) < 4.78 is 13.4. The van der Waals surface area contributed by atoms with Crippen LogP contribution in [-0.4, -0.2) is 30.1 Å². The van der Waals surface area contributed by atoms with Crippen LogP contribution in [0, 0.1) is 5.82 Å². The Hall–Kier alpha value is -3.09. The summed E-state index contributed by atoms with van der Waals surface area (Å²) in [5.74, 6) is -1.33. The van der Waals surface area contributed by atoms with E-state index in [4.69, 9.17) is 0 Å². The molecule has 2 aromatic carbocycles. The van der Waals surface area contributed by atoms with E-state index in [1.54, 1.807) is 17.9 Å². The molecule has 0 spiro atoms. The molecule has 1 atom stereocenters. The molecule has 0 aliphatic carbocycles. The minimum atomic E-state index is -0.717. The van der Waals surface area contributed by atoms with Gasteiger partial charge in [0.15, 0.2) is 11.6 Å². The molecule has 1 aliphatic rings. The second kappa shape index (κ2) is 7.43. The molecule has 0 radical (unpaired) electrons. The van der Waals surface area contributed by atoms with Gasteiger partial charge in [0.05, 0.1) is 12.5 Å². The van der Waals surface area contributed by atoms with Crippen LogP contribution in [0.15, 0.2) is 42.5 Å². The molecule has 1 saturated heterocycles. The van der Waals surface area contributed by atoms with E-state index in [0.29, 0.717) is 18.7 Å². The van der Waals surface area contributed by atoms with Gasteiger partial charge in [0.1, 0.15) is 0 Å². The number of nitrogens with one attached hydrogen (secondary N) is 2. The number of anilines is 1. The number of aromatic hydroxyl groups is 1.